The van der Waals surface area contributed by atoms with Gasteiger partial charge in [0.25, 0.3) is 0 Å². The summed E-state index contributed by atoms with van der Waals surface area (Å²) in [6.07, 6.45) is 5.11. The zero-order chi connectivity index (χ0) is 12.1. The Balaban J connectivity index is 2.06. The Morgan fingerprint density at radius 1 is 1.47 bits per heavy atom. The molecule has 0 saturated carbocycles. The van der Waals surface area contributed by atoms with Gasteiger partial charge in [-0.15, -0.1) is 0 Å². The average molecular weight is 249 g/mol. The van der Waals surface area contributed by atoms with Crippen LogP contribution in [0.1, 0.15) is 11.3 Å². The van der Waals surface area contributed by atoms with E-state index in [0.29, 0.717) is 5.69 Å². The minimum Gasteiger partial charge on any atom is -0.409 e. The molecule has 7 heteroatoms. The molecule has 0 aliphatic carbocycles. The van der Waals surface area contributed by atoms with Crippen LogP contribution in [-0.4, -0.2) is 26.0 Å². The van der Waals surface area contributed by atoms with Gasteiger partial charge >= 0.3 is 0 Å². The molecule has 2 aromatic heterocycles. The standard InChI is InChI=1S/C10H11N5OS/c11-9(15-16)8-5-7(1-2-12-8)6-17-10-13-3-4-14-10/h1-5,16H,6H2,(H2,11,15)(H,13,14). The second-order valence-electron chi connectivity index (χ2n) is 3.22. The van der Waals surface area contributed by atoms with Crippen molar-refractivity contribution in [1.29, 1.82) is 0 Å². The maximum atomic E-state index is 8.56. The van der Waals surface area contributed by atoms with E-state index >= 15 is 0 Å². The fourth-order valence-electron chi connectivity index (χ4n) is 1.24. The average Bonchev–Trinajstić information content (AvgIpc) is 2.89. The van der Waals surface area contributed by atoms with E-state index < -0.39 is 0 Å². The number of amidine groups is 1. The minimum atomic E-state index is 0.00912. The number of rotatable bonds is 4. The summed E-state index contributed by atoms with van der Waals surface area (Å²) in [6, 6.07) is 3.66. The third-order valence-corrected chi connectivity index (χ3v) is 3.02. The van der Waals surface area contributed by atoms with Gasteiger partial charge in [0.2, 0.25) is 0 Å². The second kappa shape index (κ2) is 5.35. The highest BCUT2D eigenvalue weighted by molar-refractivity contribution is 7.98. The lowest BCUT2D eigenvalue weighted by Crippen LogP contribution is -2.15. The molecule has 0 amide bonds. The molecule has 0 aliphatic rings. The summed E-state index contributed by atoms with van der Waals surface area (Å²) in [5.74, 6) is 0.747. The third-order valence-electron chi connectivity index (χ3n) is 2.04. The quantitative estimate of drug-likeness (QED) is 0.248. The Labute approximate surface area is 102 Å². The molecule has 0 unspecified atom stereocenters. The van der Waals surface area contributed by atoms with Crippen molar-refractivity contribution in [1.82, 2.24) is 15.0 Å². The van der Waals surface area contributed by atoms with Gasteiger partial charge in [-0.05, 0) is 17.7 Å². The maximum Gasteiger partial charge on any atom is 0.188 e. The number of pyridine rings is 1. The van der Waals surface area contributed by atoms with Gasteiger partial charge < -0.3 is 15.9 Å². The van der Waals surface area contributed by atoms with Crippen molar-refractivity contribution in [2.24, 2.45) is 10.9 Å². The van der Waals surface area contributed by atoms with Gasteiger partial charge in [-0.3, -0.25) is 4.98 Å². The number of H-pyrrole nitrogens is 1. The van der Waals surface area contributed by atoms with Gasteiger partial charge in [-0.2, -0.15) is 0 Å². The van der Waals surface area contributed by atoms with Crippen molar-refractivity contribution in [3.63, 3.8) is 0 Å². The summed E-state index contributed by atoms with van der Waals surface area (Å²) in [6.45, 7) is 0. The Hall–Kier alpha value is -2.02. The van der Waals surface area contributed by atoms with Crippen LogP contribution in [0, 0.1) is 0 Å². The highest BCUT2D eigenvalue weighted by Gasteiger charge is 2.03. The summed E-state index contributed by atoms with van der Waals surface area (Å²) in [7, 11) is 0. The van der Waals surface area contributed by atoms with E-state index in [1.54, 1.807) is 36.4 Å². The molecule has 2 aromatic rings. The van der Waals surface area contributed by atoms with Crippen LogP contribution >= 0.6 is 11.8 Å². The van der Waals surface area contributed by atoms with E-state index in [2.05, 4.69) is 20.1 Å². The van der Waals surface area contributed by atoms with Crippen LogP contribution in [0.25, 0.3) is 0 Å². The number of aromatic amines is 1. The Bertz CT molecular complexity index is 511. The number of nitrogens with two attached hydrogens (primary N) is 1. The van der Waals surface area contributed by atoms with E-state index in [1.165, 1.54) is 0 Å². The number of thioether (sulfide) groups is 1. The molecular formula is C10H11N5OS. The van der Waals surface area contributed by atoms with Crippen LogP contribution in [0.3, 0.4) is 0 Å². The first kappa shape index (κ1) is 11.5. The molecule has 0 saturated heterocycles. The molecule has 88 valence electrons. The molecule has 0 aliphatic heterocycles. The number of hydrogen-bond acceptors (Lipinski definition) is 5. The molecule has 0 bridgehead atoms. The van der Waals surface area contributed by atoms with Crippen molar-refractivity contribution in [2.75, 3.05) is 0 Å². The highest BCUT2D eigenvalue weighted by Crippen LogP contribution is 2.18. The Morgan fingerprint density at radius 2 is 2.35 bits per heavy atom. The predicted octanol–water partition coefficient (Wildman–Crippen LogP) is 1.19. The molecule has 0 radical (unpaired) electrons. The van der Waals surface area contributed by atoms with Crippen molar-refractivity contribution >= 4 is 17.6 Å². The van der Waals surface area contributed by atoms with E-state index in [9.17, 15) is 0 Å². The molecule has 0 fully saturated rings. The lowest BCUT2D eigenvalue weighted by molar-refractivity contribution is 0.318. The first-order valence-corrected chi connectivity index (χ1v) is 5.83. The smallest absolute Gasteiger partial charge is 0.188 e. The van der Waals surface area contributed by atoms with E-state index in [1.807, 2.05) is 6.07 Å². The SMILES string of the molecule is N/C(=N/O)c1cc(CSc2ncc[nH]2)ccn1. The second-order valence-corrected chi connectivity index (χ2v) is 4.18. The summed E-state index contributed by atoms with van der Waals surface area (Å²) >= 11 is 1.57. The van der Waals surface area contributed by atoms with Crippen molar-refractivity contribution in [3.05, 3.63) is 42.0 Å². The van der Waals surface area contributed by atoms with E-state index in [0.717, 1.165) is 16.5 Å². The lowest BCUT2D eigenvalue weighted by atomic mass is 10.2. The lowest BCUT2D eigenvalue weighted by Gasteiger charge is -2.02. The van der Waals surface area contributed by atoms with Crippen molar-refractivity contribution in [3.8, 4) is 0 Å². The molecule has 0 aromatic carbocycles. The normalized spacial score (nSPS) is 11.6. The van der Waals surface area contributed by atoms with Crippen LogP contribution in [0.2, 0.25) is 0 Å². The number of nitrogens with one attached hydrogen (secondary N) is 1. The van der Waals surface area contributed by atoms with Gasteiger partial charge in [-0.25, -0.2) is 4.98 Å². The van der Waals surface area contributed by atoms with Gasteiger partial charge in [0.05, 0.1) is 0 Å². The van der Waals surface area contributed by atoms with Gasteiger partial charge in [0.15, 0.2) is 11.0 Å². The molecule has 0 spiro atoms. The first-order valence-electron chi connectivity index (χ1n) is 4.84. The predicted molar refractivity (Wildman–Crippen MR) is 64.9 cm³/mol. The minimum absolute atomic E-state index is 0.00912. The number of oxime groups is 1. The van der Waals surface area contributed by atoms with E-state index in [4.69, 9.17) is 10.9 Å². The number of nitrogens with zero attached hydrogens (tertiary/aromatic N) is 3. The van der Waals surface area contributed by atoms with Gasteiger partial charge in [0.1, 0.15) is 5.69 Å². The number of imidazole rings is 1. The van der Waals surface area contributed by atoms with Gasteiger partial charge in [0, 0.05) is 24.3 Å². The fourth-order valence-corrected chi connectivity index (χ4v) is 2.01. The Morgan fingerprint density at radius 3 is 3.06 bits per heavy atom. The van der Waals surface area contributed by atoms with Crippen LogP contribution in [0.5, 0.6) is 0 Å². The van der Waals surface area contributed by atoms with E-state index in [-0.39, 0.29) is 5.84 Å². The van der Waals surface area contributed by atoms with Crippen LogP contribution < -0.4 is 5.73 Å². The monoisotopic (exact) mass is 249 g/mol. The number of hydrogen-bond donors (Lipinski definition) is 3. The molecule has 6 nitrogen and oxygen atoms in total. The van der Waals surface area contributed by atoms with Crippen molar-refractivity contribution in [2.45, 2.75) is 10.9 Å². The Kier molecular flexibility index (Phi) is 3.61. The largest absolute Gasteiger partial charge is 0.409 e. The van der Waals surface area contributed by atoms with Crippen LogP contribution in [-0.2, 0) is 5.75 Å². The zero-order valence-corrected chi connectivity index (χ0v) is 9.68. The molecule has 2 rings (SSSR count). The maximum absolute atomic E-state index is 8.56. The van der Waals surface area contributed by atoms with Crippen LogP contribution in [0.15, 0.2) is 41.0 Å². The summed E-state index contributed by atoms with van der Waals surface area (Å²) < 4.78 is 0. The third kappa shape index (κ3) is 2.97. The summed E-state index contributed by atoms with van der Waals surface area (Å²) in [5.41, 5.74) is 6.96. The molecule has 0 atom stereocenters. The molecule has 4 N–H and O–H groups in total. The zero-order valence-electron chi connectivity index (χ0n) is 8.87. The fraction of sp³-hybridized carbons (Fsp3) is 0.100. The van der Waals surface area contributed by atoms with Gasteiger partial charge in [-0.1, -0.05) is 16.9 Å². The summed E-state index contributed by atoms with van der Waals surface area (Å²) in [4.78, 5) is 11.1. The van der Waals surface area contributed by atoms with Crippen molar-refractivity contribution < 1.29 is 5.21 Å². The molecular weight excluding hydrogens is 238 g/mol. The highest BCUT2D eigenvalue weighted by atomic mass is 32.2. The summed E-state index contributed by atoms with van der Waals surface area (Å²) in [5, 5.41) is 12.3. The number of aromatic nitrogens is 3. The first-order chi connectivity index (χ1) is 8.29. The molecule has 17 heavy (non-hydrogen) atoms. The van der Waals surface area contributed by atoms with Crippen LogP contribution in [0.4, 0.5) is 0 Å². The topological polar surface area (TPSA) is 100 Å². The molecule has 2 heterocycles.